The molecule has 16 heavy (non-hydrogen) atoms. The molecule has 5 heteroatoms. The van der Waals surface area contributed by atoms with E-state index in [4.69, 9.17) is 0 Å². The first kappa shape index (κ1) is 12.8. The number of guanidine groups is 1. The lowest BCUT2D eigenvalue weighted by Crippen LogP contribution is -2.36. The Balaban J connectivity index is 2.25. The molecule has 1 saturated carbocycles. The number of rotatable bonds is 4. The Morgan fingerprint density at radius 3 is 2.25 bits per heavy atom. The van der Waals surface area contributed by atoms with Crippen LogP contribution in [0.15, 0.2) is 4.99 Å². The highest BCUT2D eigenvalue weighted by Crippen LogP contribution is 2.28. The van der Waals surface area contributed by atoms with Gasteiger partial charge in [-0.15, -0.1) is 0 Å². The van der Waals surface area contributed by atoms with E-state index in [0.717, 1.165) is 18.8 Å². The second-order valence-corrected chi connectivity index (χ2v) is 4.54. The van der Waals surface area contributed by atoms with Crippen LogP contribution in [-0.2, 0) is 4.79 Å². The van der Waals surface area contributed by atoms with Crippen molar-refractivity contribution >= 4 is 11.9 Å². The van der Waals surface area contributed by atoms with Crippen LogP contribution in [0.2, 0.25) is 0 Å². The number of hydrogen-bond donors (Lipinski definition) is 1. The van der Waals surface area contributed by atoms with Crippen molar-refractivity contribution in [3.05, 3.63) is 0 Å². The lowest BCUT2D eigenvalue weighted by Gasteiger charge is -2.22. The van der Waals surface area contributed by atoms with Crippen molar-refractivity contribution in [2.45, 2.75) is 12.8 Å². The number of nitrogens with zero attached hydrogens (tertiary/aromatic N) is 3. The fraction of sp³-hybridized carbons (Fsp3) is 0.818. The Labute approximate surface area is 97.5 Å². The molecule has 0 aliphatic heterocycles. The minimum absolute atomic E-state index is 0.187. The van der Waals surface area contributed by atoms with Crippen LogP contribution in [0.5, 0.6) is 0 Å². The SMILES string of the molecule is CN(C)C(=NCCNC(=O)C1CC1)N(C)C. The molecule has 0 aromatic carbocycles. The summed E-state index contributed by atoms with van der Waals surface area (Å²) >= 11 is 0. The van der Waals surface area contributed by atoms with Crippen LogP contribution in [0.3, 0.4) is 0 Å². The predicted octanol–water partition coefficient (Wildman–Crippen LogP) is -0.00820. The molecule has 92 valence electrons. The predicted molar refractivity (Wildman–Crippen MR) is 65.4 cm³/mol. The van der Waals surface area contributed by atoms with Gasteiger partial charge in [0.2, 0.25) is 5.91 Å². The maximum absolute atomic E-state index is 11.3. The van der Waals surface area contributed by atoms with E-state index in [0.29, 0.717) is 13.1 Å². The van der Waals surface area contributed by atoms with Gasteiger partial charge in [-0.1, -0.05) is 0 Å². The Bertz CT molecular complexity index is 259. The van der Waals surface area contributed by atoms with Crippen molar-refractivity contribution in [2.24, 2.45) is 10.9 Å². The van der Waals surface area contributed by atoms with E-state index in [1.165, 1.54) is 0 Å². The first-order chi connectivity index (χ1) is 7.52. The van der Waals surface area contributed by atoms with Gasteiger partial charge in [-0.3, -0.25) is 9.79 Å². The second-order valence-electron chi connectivity index (χ2n) is 4.54. The van der Waals surface area contributed by atoms with Crippen LogP contribution in [0, 0.1) is 5.92 Å². The summed E-state index contributed by atoms with van der Waals surface area (Å²) in [6.07, 6.45) is 2.10. The Kier molecular flexibility index (Phi) is 4.58. The number of carbonyl (C=O) groups excluding carboxylic acids is 1. The monoisotopic (exact) mass is 226 g/mol. The summed E-state index contributed by atoms with van der Waals surface area (Å²) in [6.45, 7) is 1.25. The number of amides is 1. The third kappa shape index (κ3) is 4.08. The largest absolute Gasteiger partial charge is 0.354 e. The molecule has 1 fully saturated rings. The molecule has 0 aromatic heterocycles. The molecule has 0 spiro atoms. The zero-order chi connectivity index (χ0) is 12.1. The van der Waals surface area contributed by atoms with Gasteiger partial charge in [0.1, 0.15) is 0 Å². The van der Waals surface area contributed by atoms with Crippen LogP contribution in [-0.4, -0.2) is 62.9 Å². The van der Waals surface area contributed by atoms with Gasteiger partial charge in [-0.05, 0) is 12.8 Å². The van der Waals surface area contributed by atoms with E-state index in [1.807, 2.05) is 38.0 Å². The van der Waals surface area contributed by atoms with Crippen LogP contribution in [0.1, 0.15) is 12.8 Å². The molecular weight excluding hydrogens is 204 g/mol. The summed E-state index contributed by atoms with van der Waals surface area (Å²) < 4.78 is 0. The van der Waals surface area contributed by atoms with E-state index in [1.54, 1.807) is 0 Å². The molecular formula is C11H22N4O. The zero-order valence-electron chi connectivity index (χ0n) is 10.7. The van der Waals surface area contributed by atoms with Crippen molar-refractivity contribution in [3.63, 3.8) is 0 Å². The van der Waals surface area contributed by atoms with Gasteiger partial charge in [0.15, 0.2) is 5.96 Å². The molecule has 0 radical (unpaired) electrons. The molecule has 1 aliphatic carbocycles. The number of aliphatic imine (C=N–C) groups is 1. The van der Waals surface area contributed by atoms with Gasteiger partial charge in [0, 0.05) is 40.7 Å². The average molecular weight is 226 g/mol. The summed E-state index contributed by atoms with van der Waals surface area (Å²) in [6, 6.07) is 0. The fourth-order valence-electron chi connectivity index (χ4n) is 1.51. The van der Waals surface area contributed by atoms with E-state index in [-0.39, 0.29) is 11.8 Å². The molecule has 0 aromatic rings. The minimum atomic E-state index is 0.187. The molecule has 0 bridgehead atoms. The first-order valence-electron chi connectivity index (χ1n) is 5.69. The number of nitrogens with one attached hydrogen (secondary N) is 1. The van der Waals surface area contributed by atoms with Gasteiger partial charge in [-0.2, -0.15) is 0 Å². The highest BCUT2D eigenvalue weighted by molar-refractivity contribution is 5.81. The maximum atomic E-state index is 11.3. The third-order valence-electron chi connectivity index (χ3n) is 2.41. The lowest BCUT2D eigenvalue weighted by atomic mass is 10.4. The van der Waals surface area contributed by atoms with Crippen LogP contribution in [0.4, 0.5) is 0 Å². The van der Waals surface area contributed by atoms with Crippen LogP contribution >= 0.6 is 0 Å². The molecule has 1 rings (SSSR count). The molecule has 1 amide bonds. The van der Waals surface area contributed by atoms with E-state index < -0.39 is 0 Å². The molecule has 1 aliphatic rings. The van der Waals surface area contributed by atoms with Gasteiger partial charge in [-0.25, -0.2) is 0 Å². The van der Waals surface area contributed by atoms with Crippen molar-refractivity contribution in [3.8, 4) is 0 Å². The summed E-state index contributed by atoms with van der Waals surface area (Å²) in [5.74, 6) is 1.39. The molecule has 5 nitrogen and oxygen atoms in total. The Hall–Kier alpha value is -1.26. The number of hydrogen-bond acceptors (Lipinski definition) is 2. The van der Waals surface area contributed by atoms with Crippen LogP contribution in [0.25, 0.3) is 0 Å². The smallest absolute Gasteiger partial charge is 0.223 e. The van der Waals surface area contributed by atoms with Crippen molar-refractivity contribution in [1.82, 2.24) is 15.1 Å². The van der Waals surface area contributed by atoms with Gasteiger partial charge in [0.05, 0.1) is 6.54 Å². The Morgan fingerprint density at radius 1 is 1.25 bits per heavy atom. The van der Waals surface area contributed by atoms with E-state index >= 15 is 0 Å². The van der Waals surface area contributed by atoms with Crippen molar-refractivity contribution in [2.75, 3.05) is 41.3 Å². The topological polar surface area (TPSA) is 47.9 Å². The molecule has 0 saturated heterocycles. The van der Waals surface area contributed by atoms with Crippen LogP contribution < -0.4 is 5.32 Å². The summed E-state index contributed by atoms with van der Waals surface area (Å²) in [7, 11) is 7.84. The third-order valence-corrected chi connectivity index (χ3v) is 2.41. The first-order valence-corrected chi connectivity index (χ1v) is 5.69. The van der Waals surface area contributed by atoms with Crippen molar-refractivity contribution < 1.29 is 4.79 Å². The standard InChI is InChI=1S/C11H22N4O/c1-14(2)11(15(3)4)13-8-7-12-10(16)9-5-6-9/h9H,5-8H2,1-4H3,(H,12,16). The quantitative estimate of drug-likeness (QED) is 0.417. The minimum Gasteiger partial charge on any atom is -0.354 e. The van der Waals surface area contributed by atoms with Crippen molar-refractivity contribution in [1.29, 1.82) is 0 Å². The molecule has 1 N–H and O–H groups in total. The lowest BCUT2D eigenvalue weighted by molar-refractivity contribution is -0.122. The highest BCUT2D eigenvalue weighted by Gasteiger charge is 2.28. The van der Waals surface area contributed by atoms with E-state index in [9.17, 15) is 4.79 Å². The summed E-state index contributed by atoms with van der Waals surface area (Å²) in [4.78, 5) is 19.7. The molecule has 0 atom stereocenters. The van der Waals surface area contributed by atoms with Gasteiger partial charge in [0.25, 0.3) is 0 Å². The van der Waals surface area contributed by atoms with Gasteiger partial charge >= 0.3 is 0 Å². The van der Waals surface area contributed by atoms with Gasteiger partial charge < -0.3 is 15.1 Å². The second kappa shape index (κ2) is 5.72. The maximum Gasteiger partial charge on any atom is 0.223 e. The normalized spacial score (nSPS) is 14.2. The highest BCUT2D eigenvalue weighted by atomic mass is 16.2. The van der Waals surface area contributed by atoms with E-state index in [2.05, 4.69) is 10.3 Å². The summed E-state index contributed by atoms with van der Waals surface area (Å²) in [5.41, 5.74) is 0. The molecule has 0 heterocycles. The summed E-state index contributed by atoms with van der Waals surface area (Å²) in [5, 5.41) is 2.89. The number of carbonyl (C=O) groups is 1. The zero-order valence-corrected chi connectivity index (χ0v) is 10.7. The Morgan fingerprint density at radius 2 is 1.81 bits per heavy atom. The fourth-order valence-corrected chi connectivity index (χ4v) is 1.51. The average Bonchev–Trinajstić information content (AvgIpc) is 2.98. The molecule has 0 unspecified atom stereocenters.